The SMILES string of the molecule is CS(=O)(=O)O[C@H]1C(O)[C@@H](CO)O[C@H]1N1C=NC2C(=O)NC(N)=NC21. The van der Waals surface area contributed by atoms with Gasteiger partial charge in [0, 0.05) is 0 Å². The van der Waals surface area contributed by atoms with E-state index in [4.69, 9.17) is 14.7 Å². The molecule has 1 saturated heterocycles. The lowest BCUT2D eigenvalue weighted by molar-refractivity contribution is -0.123. The number of rotatable bonds is 4. The van der Waals surface area contributed by atoms with E-state index < -0.39 is 59.4 Å². The first-order valence-electron chi connectivity index (χ1n) is 6.99. The maximum atomic E-state index is 11.9. The van der Waals surface area contributed by atoms with Gasteiger partial charge in [0.15, 0.2) is 30.5 Å². The molecule has 12 nitrogen and oxygen atoms in total. The van der Waals surface area contributed by atoms with Crippen LogP contribution in [0.15, 0.2) is 9.98 Å². The van der Waals surface area contributed by atoms with Gasteiger partial charge in [0.25, 0.3) is 16.0 Å². The van der Waals surface area contributed by atoms with Crippen molar-refractivity contribution in [2.45, 2.75) is 36.7 Å². The summed E-state index contributed by atoms with van der Waals surface area (Å²) in [5, 5.41) is 21.8. The Kier molecular flexibility index (Phi) is 4.21. The molecule has 13 heteroatoms. The van der Waals surface area contributed by atoms with Gasteiger partial charge >= 0.3 is 0 Å². The second-order valence-corrected chi connectivity index (χ2v) is 7.18. The predicted molar refractivity (Wildman–Crippen MR) is 79.1 cm³/mol. The van der Waals surface area contributed by atoms with Crippen molar-refractivity contribution in [3.63, 3.8) is 0 Å². The topological polar surface area (TPSA) is 176 Å². The highest BCUT2D eigenvalue weighted by atomic mass is 32.2. The number of fused-ring (bicyclic) bond motifs is 1. The summed E-state index contributed by atoms with van der Waals surface area (Å²) in [6, 6.07) is -0.884. The number of aliphatic hydroxyl groups excluding tert-OH is 2. The van der Waals surface area contributed by atoms with Crippen LogP contribution in [0.4, 0.5) is 0 Å². The van der Waals surface area contributed by atoms with E-state index in [9.17, 15) is 23.4 Å². The summed E-state index contributed by atoms with van der Waals surface area (Å²) in [5.74, 6) is -0.585. The van der Waals surface area contributed by atoms with Gasteiger partial charge in [-0.05, 0) is 0 Å². The van der Waals surface area contributed by atoms with E-state index in [0.717, 1.165) is 6.26 Å². The number of nitrogens with one attached hydrogen (secondary N) is 1. The molecule has 3 heterocycles. The van der Waals surface area contributed by atoms with Gasteiger partial charge in [0.05, 0.1) is 19.2 Å². The van der Waals surface area contributed by atoms with Gasteiger partial charge in [-0.2, -0.15) is 8.42 Å². The molecule has 1 fully saturated rings. The van der Waals surface area contributed by atoms with Crippen molar-refractivity contribution >= 4 is 28.3 Å². The summed E-state index contributed by atoms with van der Waals surface area (Å²) in [7, 11) is -3.92. The zero-order valence-corrected chi connectivity index (χ0v) is 13.3. The van der Waals surface area contributed by atoms with Crippen LogP contribution >= 0.6 is 0 Å². The van der Waals surface area contributed by atoms with Crippen LogP contribution in [0.25, 0.3) is 0 Å². The Morgan fingerprint density at radius 2 is 2.25 bits per heavy atom. The zero-order valence-electron chi connectivity index (χ0n) is 12.5. The number of nitrogens with zero attached hydrogens (tertiary/aromatic N) is 3. The highest BCUT2D eigenvalue weighted by Gasteiger charge is 2.53. The van der Waals surface area contributed by atoms with Gasteiger partial charge in [-0.25, -0.2) is 4.99 Å². The Morgan fingerprint density at radius 3 is 2.88 bits per heavy atom. The van der Waals surface area contributed by atoms with Crippen LogP contribution in [0.3, 0.4) is 0 Å². The Labute approximate surface area is 137 Å². The molecule has 3 aliphatic rings. The molecular formula is C11H17N5O7S. The van der Waals surface area contributed by atoms with Gasteiger partial charge in [0.2, 0.25) is 0 Å². The number of aliphatic imine (C=N–C) groups is 2. The Morgan fingerprint density at radius 1 is 1.54 bits per heavy atom. The maximum absolute atomic E-state index is 11.9. The first-order chi connectivity index (χ1) is 11.2. The van der Waals surface area contributed by atoms with E-state index >= 15 is 0 Å². The van der Waals surface area contributed by atoms with Crippen molar-refractivity contribution in [2.24, 2.45) is 15.7 Å². The molecule has 0 aliphatic carbocycles. The highest BCUT2D eigenvalue weighted by Crippen LogP contribution is 2.31. The predicted octanol–water partition coefficient (Wildman–Crippen LogP) is -4.11. The molecule has 6 atom stereocenters. The third-order valence-corrected chi connectivity index (χ3v) is 4.38. The largest absolute Gasteiger partial charge is 0.394 e. The molecule has 134 valence electrons. The van der Waals surface area contributed by atoms with Crippen molar-refractivity contribution in [1.82, 2.24) is 10.2 Å². The maximum Gasteiger partial charge on any atom is 0.264 e. The van der Waals surface area contributed by atoms with Crippen LogP contribution in [0.2, 0.25) is 0 Å². The molecule has 0 bridgehead atoms. The summed E-state index contributed by atoms with van der Waals surface area (Å²) in [5.41, 5.74) is 5.54. The van der Waals surface area contributed by atoms with Crippen LogP contribution in [-0.4, -0.2) is 91.3 Å². The highest BCUT2D eigenvalue weighted by molar-refractivity contribution is 7.86. The summed E-state index contributed by atoms with van der Waals surface area (Å²) < 4.78 is 33.3. The fourth-order valence-corrected chi connectivity index (χ4v) is 3.42. The number of amides is 1. The molecule has 0 saturated carbocycles. The van der Waals surface area contributed by atoms with E-state index in [0.29, 0.717) is 0 Å². The molecule has 0 aromatic rings. The standard InChI is InChI=1S/C11H17N5O7S/c1-24(20,21)23-7-6(18)4(2-17)22-10(7)16-3-13-5-8(16)14-11(12)15-9(5)19/h3-8,10,17-18H,2H2,1H3,(H3,12,14,15,19)/t4-,5?,6?,7+,8?,10-/m1/s1. The third kappa shape index (κ3) is 2.95. The smallest absolute Gasteiger partial charge is 0.264 e. The number of aliphatic hydroxyl groups is 2. The Balaban J connectivity index is 1.90. The third-order valence-electron chi connectivity index (χ3n) is 3.81. The molecule has 24 heavy (non-hydrogen) atoms. The van der Waals surface area contributed by atoms with Crippen LogP contribution in [0.5, 0.6) is 0 Å². The van der Waals surface area contributed by atoms with Crippen molar-refractivity contribution in [2.75, 3.05) is 12.9 Å². The summed E-state index contributed by atoms with van der Waals surface area (Å²) in [4.78, 5) is 21.3. The number of ether oxygens (including phenoxy) is 1. The molecule has 0 aromatic carbocycles. The monoisotopic (exact) mass is 363 g/mol. The second-order valence-electron chi connectivity index (χ2n) is 5.58. The lowest BCUT2D eigenvalue weighted by Crippen LogP contribution is -2.57. The number of hydrogen-bond donors (Lipinski definition) is 4. The summed E-state index contributed by atoms with van der Waals surface area (Å²) in [6.07, 6.45) is -3.70. The molecule has 1 amide bonds. The average molecular weight is 363 g/mol. The molecular weight excluding hydrogens is 346 g/mol. The van der Waals surface area contributed by atoms with E-state index in [-0.39, 0.29) is 5.96 Å². The number of carbonyl (C=O) groups excluding carboxylic acids is 1. The molecule has 0 radical (unpaired) electrons. The van der Waals surface area contributed by atoms with Gasteiger partial charge in [-0.15, -0.1) is 0 Å². The Bertz CT molecular complexity index is 695. The molecule has 3 rings (SSSR count). The van der Waals surface area contributed by atoms with Gasteiger partial charge in [-0.3, -0.25) is 19.3 Å². The first kappa shape index (κ1) is 17.0. The number of hydrogen-bond acceptors (Lipinski definition) is 11. The van der Waals surface area contributed by atoms with E-state index in [1.54, 1.807) is 0 Å². The second kappa shape index (κ2) is 5.93. The minimum absolute atomic E-state index is 0.116. The minimum atomic E-state index is -3.92. The van der Waals surface area contributed by atoms with Crippen LogP contribution in [-0.2, 0) is 23.8 Å². The first-order valence-corrected chi connectivity index (χ1v) is 8.80. The minimum Gasteiger partial charge on any atom is -0.394 e. The van der Waals surface area contributed by atoms with Crippen LogP contribution in [0, 0.1) is 0 Å². The van der Waals surface area contributed by atoms with Crippen LogP contribution in [0.1, 0.15) is 0 Å². The lowest BCUT2D eigenvalue weighted by Gasteiger charge is -2.33. The molecule has 0 aromatic heterocycles. The molecule has 3 unspecified atom stereocenters. The Hall–Kier alpha value is -1.80. The van der Waals surface area contributed by atoms with E-state index in [1.165, 1.54) is 11.2 Å². The number of guanidine groups is 1. The van der Waals surface area contributed by atoms with Gasteiger partial charge in [0.1, 0.15) is 12.2 Å². The molecule has 5 N–H and O–H groups in total. The normalized spacial score (nSPS) is 38.9. The van der Waals surface area contributed by atoms with Gasteiger partial charge in [-0.1, -0.05) is 0 Å². The molecule has 0 spiro atoms. The number of carbonyl (C=O) groups is 1. The average Bonchev–Trinajstić information content (AvgIpc) is 3.00. The van der Waals surface area contributed by atoms with Crippen molar-refractivity contribution in [3.05, 3.63) is 0 Å². The lowest BCUT2D eigenvalue weighted by atomic mass is 10.1. The fourth-order valence-electron chi connectivity index (χ4n) is 2.80. The summed E-state index contributed by atoms with van der Waals surface area (Å²) >= 11 is 0. The van der Waals surface area contributed by atoms with Crippen LogP contribution < -0.4 is 11.1 Å². The van der Waals surface area contributed by atoms with Crippen molar-refractivity contribution in [1.29, 1.82) is 0 Å². The van der Waals surface area contributed by atoms with Crippen molar-refractivity contribution in [3.8, 4) is 0 Å². The quantitative estimate of drug-likeness (QED) is 0.361. The van der Waals surface area contributed by atoms with Gasteiger partial charge < -0.3 is 25.6 Å². The molecule has 3 aliphatic heterocycles. The van der Waals surface area contributed by atoms with Crippen molar-refractivity contribution < 1.29 is 32.3 Å². The summed E-state index contributed by atoms with van der Waals surface area (Å²) in [6.45, 7) is -0.549. The van der Waals surface area contributed by atoms with E-state index in [2.05, 4.69) is 15.3 Å². The zero-order chi connectivity index (χ0) is 17.6. The fraction of sp³-hybridized carbons (Fsp3) is 0.727. The number of nitrogens with two attached hydrogens (primary N) is 1. The van der Waals surface area contributed by atoms with E-state index in [1.807, 2.05) is 0 Å².